The van der Waals surface area contributed by atoms with Crippen molar-refractivity contribution in [1.29, 1.82) is 0 Å². The quantitative estimate of drug-likeness (QED) is 0.494. The number of amides is 1. The van der Waals surface area contributed by atoms with E-state index in [0.717, 1.165) is 32.1 Å². The highest BCUT2D eigenvalue weighted by molar-refractivity contribution is 5.72. The van der Waals surface area contributed by atoms with Gasteiger partial charge in [-0.1, -0.05) is 12.2 Å². The maximum atomic E-state index is 11.6. The van der Waals surface area contributed by atoms with Crippen molar-refractivity contribution in [2.24, 2.45) is 5.73 Å². The summed E-state index contributed by atoms with van der Waals surface area (Å²) in [7, 11) is 0. The van der Waals surface area contributed by atoms with Crippen LogP contribution in [0.5, 0.6) is 0 Å². The molecule has 0 saturated heterocycles. The second-order valence-corrected chi connectivity index (χ2v) is 5.37. The predicted molar refractivity (Wildman–Crippen MR) is 80.0 cm³/mol. The van der Waals surface area contributed by atoms with E-state index in [0.29, 0.717) is 25.8 Å². The van der Waals surface area contributed by atoms with Gasteiger partial charge in [0.2, 0.25) is 0 Å². The van der Waals surface area contributed by atoms with Crippen molar-refractivity contribution in [2.75, 3.05) is 6.54 Å². The Morgan fingerprint density at radius 1 is 1.29 bits per heavy atom. The van der Waals surface area contributed by atoms with E-state index in [4.69, 9.17) is 15.6 Å². The highest BCUT2D eigenvalue weighted by atomic mass is 16.6. The van der Waals surface area contributed by atoms with Crippen molar-refractivity contribution in [3.8, 4) is 0 Å². The molecular weight excluding hydrogens is 272 g/mol. The van der Waals surface area contributed by atoms with Crippen LogP contribution in [0.1, 0.15) is 51.4 Å². The van der Waals surface area contributed by atoms with Crippen molar-refractivity contribution in [3.05, 3.63) is 12.2 Å². The van der Waals surface area contributed by atoms with E-state index in [1.165, 1.54) is 0 Å². The van der Waals surface area contributed by atoms with Gasteiger partial charge in [-0.3, -0.25) is 4.79 Å². The molecule has 0 aromatic carbocycles. The summed E-state index contributed by atoms with van der Waals surface area (Å²) in [6.07, 6.45) is 10.5. The van der Waals surface area contributed by atoms with Crippen LogP contribution in [-0.4, -0.2) is 35.9 Å². The number of hydrogen-bond donors (Lipinski definition) is 3. The van der Waals surface area contributed by atoms with Crippen LogP contribution in [0.25, 0.3) is 0 Å². The molecule has 1 amide bonds. The summed E-state index contributed by atoms with van der Waals surface area (Å²) in [6, 6.07) is -0.820. The van der Waals surface area contributed by atoms with Crippen molar-refractivity contribution in [1.82, 2.24) is 5.32 Å². The number of carbonyl (C=O) groups is 2. The molecule has 0 spiro atoms. The van der Waals surface area contributed by atoms with E-state index in [2.05, 4.69) is 17.5 Å². The first-order valence-corrected chi connectivity index (χ1v) is 7.67. The highest BCUT2D eigenvalue weighted by Crippen LogP contribution is 2.15. The molecule has 1 aliphatic rings. The van der Waals surface area contributed by atoms with Crippen LogP contribution in [-0.2, 0) is 9.53 Å². The average molecular weight is 298 g/mol. The Labute approximate surface area is 125 Å². The Hall–Kier alpha value is -1.56. The van der Waals surface area contributed by atoms with Gasteiger partial charge in [-0.05, 0) is 51.4 Å². The van der Waals surface area contributed by atoms with E-state index < -0.39 is 12.0 Å². The predicted octanol–water partition coefficient (Wildman–Crippen LogP) is 2.18. The summed E-state index contributed by atoms with van der Waals surface area (Å²) in [5.74, 6) is -0.985. The molecule has 6 heteroatoms. The van der Waals surface area contributed by atoms with Gasteiger partial charge in [0.25, 0.3) is 0 Å². The van der Waals surface area contributed by atoms with Crippen molar-refractivity contribution < 1.29 is 19.4 Å². The van der Waals surface area contributed by atoms with Crippen molar-refractivity contribution in [3.63, 3.8) is 0 Å². The number of hydrogen-bond acceptors (Lipinski definition) is 4. The number of allylic oxidation sites excluding steroid dienone is 2. The zero-order chi connectivity index (χ0) is 15.5. The number of carboxylic acids is 1. The van der Waals surface area contributed by atoms with Gasteiger partial charge >= 0.3 is 12.1 Å². The van der Waals surface area contributed by atoms with E-state index in [9.17, 15) is 9.59 Å². The fourth-order valence-corrected chi connectivity index (χ4v) is 2.24. The van der Waals surface area contributed by atoms with E-state index in [-0.39, 0.29) is 12.2 Å². The van der Waals surface area contributed by atoms with Gasteiger partial charge in [0.05, 0.1) is 0 Å². The monoisotopic (exact) mass is 298 g/mol. The van der Waals surface area contributed by atoms with Crippen molar-refractivity contribution >= 4 is 12.1 Å². The zero-order valence-corrected chi connectivity index (χ0v) is 12.4. The number of nitrogens with two attached hydrogens (primary N) is 1. The first kappa shape index (κ1) is 17.5. The van der Waals surface area contributed by atoms with E-state index in [1.54, 1.807) is 0 Å². The van der Waals surface area contributed by atoms with Gasteiger partial charge in [0, 0.05) is 6.54 Å². The van der Waals surface area contributed by atoms with Crippen LogP contribution in [0.2, 0.25) is 0 Å². The molecule has 21 heavy (non-hydrogen) atoms. The Balaban J connectivity index is 2.08. The summed E-state index contributed by atoms with van der Waals surface area (Å²) in [5.41, 5.74) is 5.39. The first-order chi connectivity index (χ1) is 10.1. The van der Waals surface area contributed by atoms with Gasteiger partial charge in [-0.15, -0.1) is 0 Å². The SMILES string of the molecule is N[C@@H](CCCCNC(=O)OC1CCC=CCCC1)C(=O)O. The summed E-state index contributed by atoms with van der Waals surface area (Å²) in [5, 5.41) is 11.3. The van der Waals surface area contributed by atoms with E-state index in [1.807, 2.05) is 0 Å². The minimum absolute atomic E-state index is 0.00428. The Kier molecular flexibility index (Phi) is 8.50. The van der Waals surface area contributed by atoms with Crippen LogP contribution in [0.3, 0.4) is 0 Å². The molecule has 0 aliphatic heterocycles. The standard InChI is InChI=1S/C15H26N2O4/c16-13(14(18)19)10-6-7-11-17-15(20)21-12-8-4-2-1-3-5-9-12/h1-2,12-13H,3-11,16H2,(H,17,20)(H,18,19)/t12?,13-/m0/s1. The molecule has 0 radical (unpaired) electrons. The average Bonchev–Trinajstić information content (AvgIpc) is 2.41. The lowest BCUT2D eigenvalue weighted by atomic mass is 10.0. The maximum Gasteiger partial charge on any atom is 0.407 e. The van der Waals surface area contributed by atoms with Crippen LogP contribution in [0, 0.1) is 0 Å². The Morgan fingerprint density at radius 2 is 2.05 bits per heavy atom. The number of rotatable bonds is 7. The van der Waals surface area contributed by atoms with Gasteiger partial charge in [0.1, 0.15) is 12.1 Å². The minimum Gasteiger partial charge on any atom is -0.480 e. The molecule has 1 aliphatic carbocycles. The summed E-state index contributed by atoms with van der Waals surface area (Å²) >= 11 is 0. The molecular formula is C15H26N2O4. The third-order valence-electron chi connectivity index (χ3n) is 3.52. The van der Waals surface area contributed by atoms with Crippen LogP contribution < -0.4 is 11.1 Å². The fourth-order valence-electron chi connectivity index (χ4n) is 2.24. The number of nitrogens with one attached hydrogen (secondary N) is 1. The summed E-state index contributed by atoms with van der Waals surface area (Å²) < 4.78 is 5.39. The number of carboxylic acid groups (broad SMARTS) is 1. The maximum absolute atomic E-state index is 11.6. The lowest BCUT2D eigenvalue weighted by Crippen LogP contribution is -2.31. The number of unbranched alkanes of at least 4 members (excludes halogenated alkanes) is 1. The minimum atomic E-state index is -0.985. The molecule has 0 heterocycles. The van der Waals surface area contributed by atoms with Crippen LogP contribution >= 0.6 is 0 Å². The molecule has 2 atom stereocenters. The van der Waals surface area contributed by atoms with Gasteiger partial charge in [-0.25, -0.2) is 4.79 Å². The third-order valence-corrected chi connectivity index (χ3v) is 3.52. The van der Waals surface area contributed by atoms with Gasteiger partial charge in [0.15, 0.2) is 0 Å². The van der Waals surface area contributed by atoms with Gasteiger partial charge in [-0.2, -0.15) is 0 Å². The van der Waals surface area contributed by atoms with Crippen molar-refractivity contribution in [2.45, 2.75) is 63.5 Å². The summed E-state index contributed by atoms with van der Waals surface area (Å²) in [4.78, 5) is 22.2. The number of aliphatic carboxylic acids is 1. The van der Waals surface area contributed by atoms with Crippen LogP contribution in [0.4, 0.5) is 4.79 Å². The molecule has 1 unspecified atom stereocenters. The molecule has 4 N–H and O–H groups in total. The lowest BCUT2D eigenvalue weighted by Gasteiger charge is -2.18. The molecule has 0 saturated carbocycles. The molecule has 0 fully saturated rings. The molecule has 0 aromatic heterocycles. The first-order valence-electron chi connectivity index (χ1n) is 7.67. The van der Waals surface area contributed by atoms with E-state index >= 15 is 0 Å². The molecule has 6 nitrogen and oxygen atoms in total. The Morgan fingerprint density at radius 3 is 2.81 bits per heavy atom. The number of ether oxygens (including phenoxy) is 1. The molecule has 1 rings (SSSR count). The Bertz CT molecular complexity index is 358. The third kappa shape index (κ3) is 8.34. The highest BCUT2D eigenvalue weighted by Gasteiger charge is 2.14. The number of carbonyl (C=O) groups excluding carboxylic acids is 1. The zero-order valence-electron chi connectivity index (χ0n) is 12.4. The number of alkyl carbamates (subject to hydrolysis) is 1. The molecule has 0 aromatic rings. The van der Waals surface area contributed by atoms with Gasteiger partial charge < -0.3 is 20.9 Å². The largest absolute Gasteiger partial charge is 0.480 e. The van der Waals surface area contributed by atoms with Crippen LogP contribution in [0.15, 0.2) is 12.2 Å². The fraction of sp³-hybridized carbons (Fsp3) is 0.733. The second-order valence-electron chi connectivity index (χ2n) is 5.37. The normalized spacial score (nSPS) is 20.1. The summed E-state index contributed by atoms with van der Waals surface area (Å²) in [6.45, 7) is 0.484. The molecule has 120 valence electrons. The topological polar surface area (TPSA) is 102 Å². The molecule has 0 bridgehead atoms. The lowest BCUT2D eigenvalue weighted by molar-refractivity contribution is -0.138. The second kappa shape index (κ2) is 10.2. The smallest absolute Gasteiger partial charge is 0.407 e.